The van der Waals surface area contributed by atoms with Crippen LogP contribution in [-0.2, 0) is 14.2 Å². The molecule has 2 aliphatic heterocycles. The second-order valence-corrected chi connectivity index (χ2v) is 8.16. The Balaban J connectivity index is 1.69. The fraction of sp³-hybridized carbons (Fsp3) is 0.636. The van der Waals surface area contributed by atoms with Crippen molar-refractivity contribution in [2.24, 2.45) is 0 Å². The molecule has 0 amide bonds. The minimum atomic E-state index is -1.69. The highest BCUT2D eigenvalue weighted by Gasteiger charge is 2.48. The van der Waals surface area contributed by atoms with Gasteiger partial charge in [0.2, 0.25) is 6.29 Å². The van der Waals surface area contributed by atoms with Crippen molar-refractivity contribution in [3.05, 3.63) is 29.8 Å². The molecule has 35 heavy (non-hydrogen) atoms. The van der Waals surface area contributed by atoms with E-state index in [-0.39, 0.29) is 18.1 Å². The van der Waals surface area contributed by atoms with Gasteiger partial charge in [0, 0.05) is 0 Å². The lowest BCUT2D eigenvalue weighted by Gasteiger charge is -2.42. The van der Waals surface area contributed by atoms with Crippen LogP contribution in [0, 0.1) is 0 Å². The summed E-state index contributed by atoms with van der Waals surface area (Å²) in [6.45, 7) is -1.27. The molecule has 0 aromatic heterocycles. The molecular weight excluding hydrogens is 472 g/mol. The Morgan fingerprint density at radius 2 is 1.43 bits per heavy atom. The lowest BCUT2D eigenvalue weighted by Crippen LogP contribution is -2.62. The quantitative estimate of drug-likeness (QED) is 0.166. The fourth-order valence-electron chi connectivity index (χ4n) is 3.75. The second-order valence-electron chi connectivity index (χ2n) is 8.16. The highest BCUT2D eigenvalue weighted by molar-refractivity contribution is 5.56. The number of methoxy groups -OCH3 is 1. The second kappa shape index (κ2) is 12.4. The van der Waals surface area contributed by atoms with Crippen LogP contribution in [0.5, 0.6) is 11.5 Å². The lowest BCUT2D eigenvalue weighted by molar-refractivity contribution is -0.323. The third-order valence-electron chi connectivity index (χ3n) is 5.79. The molecule has 2 saturated heterocycles. The minimum absolute atomic E-state index is 0.143. The summed E-state index contributed by atoms with van der Waals surface area (Å²) in [4.78, 5) is 0. The molecule has 0 radical (unpaired) electrons. The van der Waals surface area contributed by atoms with Gasteiger partial charge >= 0.3 is 0 Å². The Kier molecular flexibility index (Phi) is 9.80. The smallest absolute Gasteiger partial charge is 0.229 e. The molecule has 1 aromatic carbocycles. The first-order chi connectivity index (χ1) is 16.7. The molecule has 3 rings (SSSR count). The molecule has 10 atom stereocenters. The maximum absolute atomic E-state index is 10.4. The Hall–Kier alpha value is -1.88. The van der Waals surface area contributed by atoms with E-state index in [1.165, 1.54) is 19.3 Å². The zero-order valence-electron chi connectivity index (χ0n) is 18.9. The first-order valence-electron chi connectivity index (χ1n) is 11.0. The van der Waals surface area contributed by atoms with Gasteiger partial charge < -0.3 is 64.5 Å². The van der Waals surface area contributed by atoms with Crippen LogP contribution in [0.25, 0.3) is 6.08 Å². The van der Waals surface area contributed by atoms with Gasteiger partial charge in [-0.05, 0) is 17.7 Å². The topological polar surface area (TPSA) is 208 Å². The average molecular weight is 504 g/mol. The van der Waals surface area contributed by atoms with Crippen LogP contribution in [0.15, 0.2) is 24.3 Å². The SMILES string of the molecule is COc1cc(/C=C/CO)ccc1O[C@@H]1O[C@H](CO[C@@H]2O[C@H](CO)[C@@H](O)[C@H](O)[C@H]2O)[C@@H](O)[C@H](O)[C@H]1O. The van der Waals surface area contributed by atoms with Crippen molar-refractivity contribution >= 4 is 6.08 Å². The normalized spacial score (nSPS) is 38.0. The first kappa shape index (κ1) is 27.7. The van der Waals surface area contributed by atoms with Crippen molar-refractivity contribution in [3.63, 3.8) is 0 Å². The van der Waals surface area contributed by atoms with Crippen molar-refractivity contribution < 1.29 is 64.5 Å². The summed E-state index contributed by atoms with van der Waals surface area (Å²) < 4.78 is 27.2. The van der Waals surface area contributed by atoms with Gasteiger partial charge in [0.25, 0.3) is 0 Å². The van der Waals surface area contributed by atoms with Crippen LogP contribution in [0.2, 0.25) is 0 Å². The van der Waals surface area contributed by atoms with E-state index in [1.54, 1.807) is 18.2 Å². The highest BCUT2D eigenvalue weighted by Crippen LogP contribution is 2.33. The van der Waals surface area contributed by atoms with Gasteiger partial charge in [-0.2, -0.15) is 0 Å². The largest absolute Gasteiger partial charge is 0.493 e. The fourth-order valence-corrected chi connectivity index (χ4v) is 3.75. The molecule has 8 N–H and O–H groups in total. The summed E-state index contributed by atoms with van der Waals surface area (Å²) in [6.07, 6.45) is -12.0. The molecule has 0 aliphatic carbocycles. The van der Waals surface area contributed by atoms with Crippen molar-refractivity contribution in [3.8, 4) is 11.5 Å². The van der Waals surface area contributed by atoms with Crippen molar-refractivity contribution in [1.29, 1.82) is 0 Å². The van der Waals surface area contributed by atoms with Gasteiger partial charge in [-0.15, -0.1) is 0 Å². The number of aliphatic hydroxyl groups is 8. The van der Waals surface area contributed by atoms with Gasteiger partial charge in [0.05, 0.1) is 26.9 Å². The van der Waals surface area contributed by atoms with Gasteiger partial charge in [-0.3, -0.25) is 0 Å². The zero-order valence-corrected chi connectivity index (χ0v) is 18.9. The number of hydrogen-bond acceptors (Lipinski definition) is 13. The van der Waals surface area contributed by atoms with Gasteiger partial charge in [0.15, 0.2) is 17.8 Å². The predicted molar refractivity (Wildman–Crippen MR) is 116 cm³/mol. The van der Waals surface area contributed by atoms with Crippen LogP contribution in [0.3, 0.4) is 0 Å². The van der Waals surface area contributed by atoms with Crippen molar-refractivity contribution in [1.82, 2.24) is 0 Å². The summed E-state index contributed by atoms with van der Waals surface area (Å²) in [5.74, 6) is 0.436. The Labute approximate surface area is 200 Å². The molecule has 198 valence electrons. The number of rotatable bonds is 9. The van der Waals surface area contributed by atoms with Crippen LogP contribution in [0.4, 0.5) is 0 Å². The maximum Gasteiger partial charge on any atom is 0.229 e. The van der Waals surface area contributed by atoms with Crippen molar-refractivity contribution in [2.45, 2.75) is 61.4 Å². The van der Waals surface area contributed by atoms with E-state index in [2.05, 4.69) is 0 Å². The molecule has 2 fully saturated rings. The Morgan fingerprint density at radius 3 is 2.06 bits per heavy atom. The van der Waals surface area contributed by atoms with Crippen LogP contribution >= 0.6 is 0 Å². The van der Waals surface area contributed by atoms with E-state index in [9.17, 15) is 35.7 Å². The summed E-state index contributed by atoms with van der Waals surface area (Å²) in [5.41, 5.74) is 0.703. The Bertz CT molecular complexity index is 834. The monoisotopic (exact) mass is 504 g/mol. The number of aliphatic hydroxyl groups excluding tert-OH is 8. The molecule has 0 bridgehead atoms. The van der Waals surface area contributed by atoms with E-state index >= 15 is 0 Å². The van der Waals surface area contributed by atoms with Crippen LogP contribution in [-0.4, -0.2) is 129 Å². The summed E-state index contributed by atoms with van der Waals surface area (Å²) in [5, 5.41) is 79.1. The van der Waals surface area contributed by atoms with E-state index < -0.39 is 74.6 Å². The third kappa shape index (κ3) is 6.28. The lowest BCUT2D eigenvalue weighted by atomic mass is 9.98. The molecule has 13 nitrogen and oxygen atoms in total. The summed E-state index contributed by atoms with van der Waals surface area (Å²) in [6, 6.07) is 4.80. The number of benzene rings is 1. The van der Waals surface area contributed by atoms with Crippen LogP contribution < -0.4 is 9.47 Å². The summed E-state index contributed by atoms with van der Waals surface area (Å²) in [7, 11) is 1.40. The maximum atomic E-state index is 10.4. The van der Waals surface area contributed by atoms with E-state index in [0.29, 0.717) is 5.56 Å². The molecular formula is C22H32O13. The minimum Gasteiger partial charge on any atom is -0.493 e. The highest BCUT2D eigenvalue weighted by atomic mass is 16.7. The van der Waals surface area contributed by atoms with E-state index in [1.807, 2.05) is 0 Å². The first-order valence-corrected chi connectivity index (χ1v) is 11.0. The number of ether oxygens (including phenoxy) is 5. The third-order valence-corrected chi connectivity index (χ3v) is 5.79. The molecule has 13 heteroatoms. The molecule has 2 aliphatic rings. The average Bonchev–Trinajstić information content (AvgIpc) is 2.87. The van der Waals surface area contributed by atoms with Gasteiger partial charge in [-0.1, -0.05) is 18.2 Å². The molecule has 0 saturated carbocycles. The zero-order chi connectivity index (χ0) is 25.7. The van der Waals surface area contributed by atoms with Gasteiger partial charge in [0.1, 0.15) is 48.8 Å². The number of hydrogen-bond donors (Lipinski definition) is 8. The molecule has 0 unspecified atom stereocenters. The van der Waals surface area contributed by atoms with E-state index in [4.69, 9.17) is 28.8 Å². The van der Waals surface area contributed by atoms with E-state index in [0.717, 1.165) is 0 Å². The van der Waals surface area contributed by atoms with Crippen LogP contribution in [0.1, 0.15) is 5.56 Å². The molecule has 2 heterocycles. The molecule has 0 spiro atoms. The predicted octanol–water partition coefficient (Wildman–Crippen LogP) is -3.30. The van der Waals surface area contributed by atoms with Crippen molar-refractivity contribution in [2.75, 3.05) is 26.9 Å². The molecule has 1 aromatic rings. The Morgan fingerprint density at radius 1 is 0.800 bits per heavy atom. The van der Waals surface area contributed by atoms with Gasteiger partial charge in [-0.25, -0.2) is 0 Å². The standard InChI is InChI=1S/C22H32O13/c1-31-12-7-10(3-2-6-23)4-5-11(12)33-22-20(30)18(28)16(26)14(35-22)9-32-21-19(29)17(27)15(25)13(8-24)34-21/h2-5,7,13-30H,6,8-9H2,1H3/b3-2+/t13-,14-,15-,16-,17+,18+,19-,20-,21-,22-/m1/s1. The summed E-state index contributed by atoms with van der Waals surface area (Å²) >= 11 is 0.